The van der Waals surface area contributed by atoms with Crippen molar-refractivity contribution in [2.45, 2.75) is 0 Å². The van der Waals surface area contributed by atoms with E-state index >= 15 is 0 Å². The van der Waals surface area contributed by atoms with Crippen LogP contribution in [0.1, 0.15) is 0 Å². The van der Waals surface area contributed by atoms with Gasteiger partial charge < -0.3 is 38.1 Å². The molecule has 0 fully saturated rings. The minimum atomic E-state index is -1.17. The Morgan fingerprint density at radius 3 is 1.61 bits per heavy atom. The highest BCUT2D eigenvalue weighted by molar-refractivity contribution is 7.28. The van der Waals surface area contributed by atoms with E-state index in [0.29, 0.717) is 0 Å². The maximum absolute atomic E-state index is 10.8. The molecule has 0 aliphatic rings. The largest absolute Gasteiger partial charge is 0.410 e. The van der Waals surface area contributed by atoms with Gasteiger partial charge in [0.25, 0.3) is 0 Å². The molecule has 9 nitrogen and oxygen atoms in total. The zero-order chi connectivity index (χ0) is 14.0. The summed E-state index contributed by atoms with van der Waals surface area (Å²) in [5.74, 6) is -0.680. The number of nitrogen functional groups attached to an aromatic ring is 3. The van der Waals surface area contributed by atoms with Crippen LogP contribution < -0.4 is 43.4 Å². The normalized spacial score (nSPS) is 9.83. The minimum absolute atomic E-state index is 0.0468. The number of hydrogen-bond acceptors (Lipinski definition) is 7. The van der Waals surface area contributed by atoms with E-state index in [2.05, 4.69) is 18.7 Å². The van der Waals surface area contributed by atoms with Crippen LogP contribution in [0, 0.1) is 0 Å². The molecular weight excluding hydrogens is 261 g/mol. The molecule has 1 rings (SSSR count). The monoisotopic (exact) mass is 273 g/mol. The number of ether oxygens (including phenoxy) is 2. The van der Waals surface area contributed by atoms with Gasteiger partial charge in [-0.3, -0.25) is 0 Å². The van der Waals surface area contributed by atoms with Crippen LogP contribution in [0.2, 0.25) is 0 Å². The zero-order valence-electron chi connectivity index (χ0n) is 9.10. The summed E-state index contributed by atoms with van der Waals surface area (Å²) in [6.45, 7) is 0. The van der Waals surface area contributed by atoms with Crippen molar-refractivity contribution in [2.24, 2.45) is 11.5 Å². The lowest BCUT2D eigenvalue weighted by Gasteiger charge is -2.16. The second kappa shape index (κ2) is 4.84. The Morgan fingerprint density at radius 1 is 0.833 bits per heavy atom. The van der Waals surface area contributed by atoms with E-state index < -0.39 is 12.2 Å². The van der Waals surface area contributed by atoms with Crippen LogP contribution >= 0.6 is 9.24 Å². The number of benzene rings is 1. The van der Waals surface area contributed by atoms with Crippen LogP contribution in [-0.4, -0.2) is 12.2 Å². The summed E-state index contributed by atoms with van der Waals surface area (Å²) in [5.41, 5.74) is 26.5. The maximum Gasteiger partial charge on any atom is 0.410 e. The second-order valence-corrected chi connectivity index (χ2v) is 3.73. The first kappa shape index (κ1) is 13.7. The number of carbonyl (C=O) groups is 2. The lowest BCUT2D eigenvalue weighted by atomic mass is 10.2. The van der Waals surface area contributed by atoms with Gasteiger partial charge in [-0.2, -0.15) is 0 Å². The molecule has 2 amide bonds. The Morgan fingerprint density at radius 2 is 1.22 bits per heavy atom. The van der Waals surface area contributed by atoms with Gasteiger partial charge in [-0.15, -0.1) is 9.24 Å². The van der Waals surface area contributed by atoms with Gasteiger partial charge in [-0.1, -0.05) is 0 Å². The molecule has 0 aromatic heterocycles. The molecule has 0 bridgehead atoms. The predicted octanol–water partition coefficient (Wildman–Crippen LogP) is -1.15. The third-order valence-corrected chi connectivity index (χ3v) is 2.59. The molecule has 0 aliphatic carbocycles. The molecule has 10 heteroatoms. The molecule has 10 N–H and O–H groups in total. The first-order valence-corrected chi connectivity index (χ1v) is 5.03. The summed E-state index contributed by atoms with van der Waals surface area (Å²) in [4.78, 5) is 21.5. The molecule has 0 saturated heterocycles. The molecule has 1 unspecified atom stereocenters. The van der Waals surface area contributed by atoms with Gasteiger partial charge in [0.05, 0.1) is 11.4 Å². The van der Waals surface area contributed by atoms with Crippen molar-refractivity contribution in [1.29, 1.82) is 0 Å². The number of anilines is 3. The number of nitrogens with two attached hydrogens (primary N) is 5. The highest BCUT2D eigenvalue weighted by atomic mass is 31.0. The van der Waals surface area contributed by atoms with E-state index in [0.717, 1.165) is 0 Å². The van der Waals surface area contributed by atoms with Crippen LogP contribution in [0.3, 0.4) is 0 Å². The Kier molecular flexibility index (Phi) is 3.67. The molecule has 0 saturated carbocycles. The molecule has 0 aliphatic heterocycles. The van der Waals surface area contributed by atoms with Crippen LogP contribution in [0.5, 0.6) is 11.5 Å². The van der Waals surface area contributed by atoms with Crippen LogP contribution in [-0.2, 0) is 0 Å². The Bertz CT molecular complexity index is 486. The summed E-state index contributed by atoms with van der Waals surface area (Å²) in [7, 11) is 2.21. The molecule has 1 aromatic rings. The van der Waals surface area contributed by atoms with Gasteiger partial charge in [0, 0.05) is 5.30 Å². The van der Waals surface area contributed by atoms with E-state index in [-0.39, 0.29) is 33.9 Å². The highest BCUT2D eigenvalue weighted by Gasteiger charge is 2.23. The number of rotatable bonds is 2. The number of hydrogen-bond donors (Lipinski definition) is 5. The fourth-order valence-corrected chi connectivity index (χ4v) is 1.47. The Labute approximate surface area is 104 Å². The summed E-state index contributed by atoms with van der Waals surface area (Å²) < 4.78 is 9.23. The molecule has 0 radical (unpaired) electrons. The Hall–Kier alpha value is -2.41. The smallest absolute Gasteiger partial charge is 0.404 e. The van der Waals surface area contributed by atoms with Crippen molar-refractivity contribution in [3.05, 3.63) is 0 Å². The first-order chi connectivity index (χ1) is 8.25. The first-order valence-electron chi connectivity index (χ1n) is 4.46. The van der Waals surface area contributed by atoms with Crippen molar-refractivity contribution in [3.63, 3.8) is 0 Å². The van der Waals surface area contributed by atoms with Crippen LogP contribution in [0.25, 0.3) is 0 Å². The van der Waals surface area contributed by atoms with Crippen molar-refractivity contribution >= 4 is 43.8 Å². The topological polar surface area (TPSA) is 183 Å². The zero-order valence-corrected chi connectivity index (χ0v) is 10.3. The molecule has 0 spiro atoms. The average molecular weight is 273 g/mol. The van der Waals surface area contributed by atoms with Crippen LogP contribution in [0.15, 0.2) is 0 Å². The van der Waals surface area contributed by atoms with E-state index in [1.54, 1.807) is 0 Å². The van der Waals surface area contributed by atoms with Gasteiger partial charge in [0.2, 0.25) is 11.5 Å². The van der Waals surface area contributed by atoms with Crippen LogP contribution in [0.4, 0.5) is 26.7 Å². The molecule has 98 valence electrons. The predicted molar refractivity (Wildman–Crippen MR) is 69.4 cm³/mol. The fourth-order valence-electron chi connectivity index (χ4n) is 1.18. The molecular formula is C8H12N5O4P. The highest BCUT2D eigenvalue weighted by Crippen LogP contribution is 2.42. The van der Waals surface area contributed by atoms with Crippen molar-refractivity contribution in [1.82, 2.24) is 0 Å². The van der Waals surface area contributed by atoms with Crippen molar-refractivity contribution < 1.29 is 19.1 Å². The number of amides is 2. The molecule has 1 aromatic carbocycles. The minimum Gasteiger partial charge on any atom is -0.404 e. The SMILES string of the molecule is NC(=O)Oc1c(N)c(N)c(P)c(N)c1OC(N)=O. The average Bonchev–Trinajstić information content (AvgIpc) is 2.27. The quantitative estimate of drug-likeness (QED) is 0.332. The Balaban J connectivity index is 3.52. The third-order valence-electron chi connectivity index (χ3n) is 1.97. The number of carbonyl (C=O) groups excluding carboxylic acids is 2. The summed E-state index contributed by atoms with van der Waals surface area (Å²) in [5, 5.41) is 0.278. The molecule has 1 atom stereocenters. The number of primary amides is 2. The third kappa shape index (κ3) is 2.46. The lowest BCUT2D eigenvalue weighted by molar-refractivity contribution is 0.201. The lowest BCUT2D eigenvalue weighted by Crippen LogP contribution is -2.24. The van der Waals surface area contributed by atoms with Gasteiger partial charge in [0.15, 0.2) is 0 Å². The van der Waals surface area contributed by atoms with Gasteiger partial charge in [0.1, 0.15) is 5.69 Å². The molecule has 18 heavy (non-hydrogen) atoms. The fraction of sp³-hybridized carbons (Fsp3) is 0. The van der Waals surface area contributed by atoms with E-state index in [1.807, 2.05) is 0 Å². The maximum atomic E-state index is 10.8. The van der Waals surface area contributed by atoms with E-state index in [9.17, 15) is 9.59 Å². The van der Waals surface area contributed by atoms with E-state index in [4.69, 9.17) is 28.7 Å². The van der Waals surface area contributed by atoms with Gasteiger partial charge >= 0.3 is 12.2 Å². The van der Waals surface area contributed by atoms with Crippen molar-refractivity contribution in [2.75, 3.05) is 17.2 Å². The summed E-state index contributed by atoms with van der Waals surface area (Å²) in [6, 6.07) is 0. The van der Waals surface area contributed by atoms with Crippen molar-refractivity contribution in [3.8, 4) is 11.5 Å². The van der Waals surface area contributed by atoms with Gasteiger partial charge in [-0.05, 0) is 0 Å². The molecule has 0 heterocycles. The summed E-state index contributed by atoms with van der Waals surface area (Å²) >= 11 is 0. The van der Waals surface area contributed by atoms with E-state index in [1.165, 1.54) is 0 Å². The standard InChI is InChI=1S/C8H12N5O4P/c9-1-2(10)6(18)3(11)5(17-8(13)15)4(1)16-7(12)14/h9-11,18H2,(H2,12,14)(H2,13,15). The van der Waals surface area contributed by atoms with Gasteiger partial charge in [-0.25, -0.2) is 9.59 Å². The summed E-state index contributed by atoms with van der Waals surface area (Å²) in [6.07, 6.45) is -2.34. The second-order valence-electron chi connectivity index (χ2n) is 3.16.